The van der Waals surface area contributed by atoms with E-state index >= 15 is 0 Å². The molecule has 3 aromatic rings. The summed E-state index contributed by atoms with van der Waals surface area (Å²) in [6, 6.07) is 12.0. The van der Waals surface area contributed by atoms with Crippen molar-refractivity contribution >= 4 is 51.4 Å². The lowest BCUT2D eigenvalue weighted by atomic mass is 10.2. The van der Waals surface area contributed by atoms with E-state index in [9.17, 15) is 10.1 Å². The number of H-pyrrole nitrogens is 1. The highest BCUT2D eigenvalue weighted by Gasteiger charge is 2.12. The number of anilines is 2. The number of nitrogens with one attached hydrogen (secondary N) is 3. The molecule has 0 unspecified atom stereocenters. The van der Waals surface area contributed by atoms with Gasteiger partial charge in [0.1, 0.15) is 11.6 Å². The zero-order valence-electron chi connectivity index (χ0n) is 12.7. The van der Waals surface area contributed by atoms with Crippen molar-refractivity contribution < 1.29 is 4.79 Å². The average Bonchev–Trinajstić information content (AvgIpc) is 3.06. The highest BCUT2D eigenvalue weighted by Crippen LogP contribution is 2.25. The summed E-state index contributed by atoms with van der Waals surface area (Å²) in [6.45, 7) is 0. The number of carbonyl (C=O) groups is 1. The molecule has 0 aliphatic heterocycles. The first-order chi connectivity index (χ1) is 12.1. The van der Waals surface area contributed by atoms with Crippen LogP contribution >= 0.6 is 23.2 Å². The van der Waals surface area contributed by atoms with Crippen LogP contribution in [0.4, 0.5) is 11.4 Å². The van der Waals surface area contributed by atoms with Crippen LogP contribution in [0.3, 0.4) is 0 Å². The molecule has 3 N–H and O–H groups in total. The van der Waals surface area contributed by atoms with E-state index in [4.69, 9.17) is 23.2 Å². The summed E-state index contributed by atoms with van der Waals surface area (Å²) in [6.07, 6.45) is 3.03. The summed E-state index contributed by atoms with van der Waals surface area (Å²) < 4.78 is 0. The maximum absolute atomic E-state index is 12.2. The van der Waals surface area contributed by atoms with Gasteiger partial charge in [0.05, 0.1) is 22.4 Å². The van der Waals surface area contributed by atoms with E-state index in [2.05, 4.69) is 20.8 Å². The number of nitrogens with zero attached hydrogens (tertiary/aromatic N) is 2. The van der Waals surface area contributed by atoms with Gasteiger partial charge < -0.3 is 10.6 Å². The highest BCUT2D eigenvalue weighted by atomic mass is 35.5. The van der Waals surface area contributed by atoms with E-state index in [1.54, 1.807) is 18.3 Å². The molecular formula is C17H11Cl2N5O. The van der Waals surface area contributed by atoms with Crippen molar-refractivity contribution in [2.24, 2.45) is 0 Å². The van der Waals surface area contributed by atoms with Gasteiger partial charge >= 0.3 is 0 Å². The van der Waals surface area contributed by atoms with Gasteiger partial charge in [-0.1, -0.05) is 23.2 Å². The summed E-state index contributed by atoms with van der Waals surface area (Å²) in [4.78, 5) is 12.2. The van der Waals surface area contributed by atoms with Gasteiger partial charge in [0.25, 0.3) is 5.91 Å². The minimum atomic E-state index is -0.596. The lowest BCUT2D eigenvalue weighted by molar-refractivity contribution is -0.112. The van der Waals surface area contributed by atoms with E-state index in [1.807, 2.05) is 24.3 Å². The molecule has 0 fully saturated rings. The molecule has 8 heteroatoms. The van der Waals surface area contributed by atoms with Crippen LogP contribution in [0.25, 0.3) is 10.9 Å². The van der Waals surface area contributed by atoms with Crippen LogP contribution < -0.4 is 10.6 Å². The van der Waals surface area contributed by atoms with Crippen LogP contribution in [0.2, 0.25) is 10.0 Å². The molecule has 0 aliphatic carbocycles. The number of benzene rings is 2. The van der Waals surface area contributed by atoms with Gasteiger partial charge in [-0.2, -0.15) is 10.4 Å². The van der Waals surface area contributed by atoms with E-state index in [-0.39, 0.29) is 5.57 Å². The van der Waals surface area contributed by atoms with Crippen LogP contribution in [-0.4, -0.2) is 16.1 Å². The number of nitriles is 1. The fourth-order valence-electron chi connectivity index (χ4n) is 2.11. The lowest BCUT2D eigenvalue weighted by Gasteiger charge is -2.07. The summed E-state index contributed by atoms with van der Waals surface area (Å²) in [5, 5.41) is 23.2. The summed E-state index contributed by atoms with van der Waals surface area (Å²) in [5.74, 6) is -0.596. The Bertz CT molecular complexity index is 1020. The Hall–Kier alpha value is -3.01. The molecule has 124 valence electrons. The highest BCUT2D eigenvalue weighted by molar-refractivity contribution is 6.36. The normalized spacial score (nSPS) is 11.2. The first kappa shape index (κ1) is 16.8. The molecule has 3 rings (SSSR count). The molecule has 2 aromatic carbocycles. The maximum atomic E-state index is 12.2. The molecule has 0 spiro atoms. The zero-order valence-corrected chi connectivity index (χ0v) is 14.2. The minimum Gasteiger partial charge on any atom is -0.360 e. The quantitative estimate of drug-likeness (QED) is 0.469. The number of aromatic nitrogens is 2. The monoisotopic (exact) mass is 371 g/mol. The molecule has 6 nitrogen and oxygen atoms in total. The third-order valence-corrected chi connectivity index (χ3v) is 3.93. The minimum absolute atomic E-state index is 0.110. The third kappa shape index (κ3) is 3.91. The third-order valence-electron chi connectivity index (χ3n) is 3.37. The Morgan fingerprint density at radius 1 is 1.24 bits per heavy atom. The summed E-state index contributed by atoms with van der Waals surface area (Å²) in [5.41, 5.74) is 1.77. The van der Waals surface area contributed by atoms with Gasteiger partial charge in [0.15, 0.2) is 0 Å². The van der Waals surface area contributed by atoms with Crippen LogP contribution in [-0.2, 0) is 4.79 Å². The predicted molar refractivity (Wildman–Crippen MR) is 98.5 cm³/mol. The molecule has 0 radical (unpaired) electrons. The first-order valence-electron chi connectivity index (χ1n) is 7.13. The van der Waals surface area contributed by atoms with Crippen molar-refractivity contribution in [3.63, 3.8) is 0 Å². The zero-order chi connectivity index (χ0) is 17.8. The van der Waals surface area contributed by atoms with E-state index < -0.39 is 5.91 Å². The molecular weight excluding hydrogens is 361 g/mol. The Morgan fingerprint density at radius 3 is 2.88 bits per heavy atom. The Balaban J connectivity index is 1.76. The summed E-state index contributed by atoms with van der Waals surface area (Å²) in [7, 11) is 0. The van der Waals surface area contributed by atoms with Crippen molar-refractivity contribution in [1.82, 2.24) is 10.2 Å². The molecule has 1 heterocycles. The number of fused-ring (bicyclic) bond motifs is 1. The Kier molecular flexibility index (Phi) is 4.89. The fourth-order valence-corrected chi connectivity index (χ4v) is 2.45. The number of aromatic amines is 1. The van der Waals surface area contributed by atoms with Crippen molar-refractivity contribution in [2.45, 2.75) is 0 Å². The second kappa shape index (κ2) is 7.26. The van der Waals surface area contributed by atoms with E-state index in [1.165, 1.54) is 12.3 Å². The lowest BCUT2D eigenvalue weighted by Crippen LogP contribution is -2.14. The molecule has 0 atom stereocenters. The largest absolute Gasteiger partial charge is 0.360 e. The van der Waals surface area contributed by atoms with Gasteiger partial charge in [0, 0.05) is 22.3 Å². The molecule has 0 aliphatic rings. The Morgan fingerprint density at radius 2 is 2.08 bits per heavy atom. The second-order valence-corrected chi connectivity index (χ2v) is 5.91. The number of hydrogen-bond acceptors (Lipinski definition) is 4. The molecule has 1 aromatic heterocycles. The van der Waals surface area contributed by atoms with Gasteiger partial charge in [-0.05, 0) is 36.4 Å². The number of amides is 1. The maximum Gasteiger partial charge on any atom is 0.267 e. The van der Waals surface area contributed by atoms with E-state index in [0.29, 0.717) is 21.4 Å². The molecule has 1 amide bonds. The SMILES string of the molecule is N#C/C(=C/Nc1ccc2cn[nH]c2c1)C(=O)Nc1cc(Cl)ccc1Cl. The van der Waals surface area contributed by atoms with Crippen molar-refractivity contribution in [1.29, 1.82) is 5.26 Å². The van der Waals surface area contributed by atoms with Crippen LogP contribution in [0.1, 0.15) is 0 Å². The molecule has 25 heavy (non-hydrogen) atoms. The van der Waals surface area contributed by atoms with E-state index in [0.717, 1.165) is 10.9 Å². The second-order valence-electron chi connectivity index (χ2n) is 5.06. The molecule has 0 bridgehead atoms. The van der Waals surface area contributed by atoms with Crippen LogP contribution in [0.15, 0.2) is 54.4 Å². The first-order valence-corrected chi connectivity index (χ1v) is 7.89. The average molecular weight is 372 g/mol. The van der Waals surface area contributed by atoms with Gasteiger partial charge in [-0.3, -0.25) is 9.89 Å². The molecule has 0 saturated heterocycles. The molecule has 0 saturated carbocycles. The predicted octanol–water partition coefficient (Wildman–Crippen LogP) is 4.33. The van der Waals surface area contributed by atoms with Gasteiger partial charge in [-0.25, -0.2) is 0 Å². The van der Waals surface area contributed by atoms with Crippen molar-refractivity contribution in [3.8, 4) is 6.07 Å². The standard InChI is InChI=1S/C17H11Cl2N5O/c18-12-2-4-14(19)16(5-12)23-17(25)11(7-20)8-21-13-3-1-10-9-22-24-15(10)6-13/h1-6,8-9,21H,(H,22,24)(H,23,25)/b11-8-. The van der Waals surface area contributed by atoms with Crippen molar-refractivity contribution in [3.05, 3.63) is 64.4 Å². The number of carbonyl (C=O) groups excluding carboxylic acids is 1. The summed E-state index contributed by atoms with van der Waals surface area (Å²) >= 11 is 11.9. The van der Waals surface area contributed by atoms with Gasteiger partial charge in [-0.15, -0.1) is 0 Å². The van der Waals surface area contributed by atoms with Crippen LogP contribution in [0.5, 0.6) is 0 Å². The Labute approximate surface area is 153 Å². The van der Waals surface area contributed by atoms with Gasteiger partial charge in [0.2, 0.25) is 0 Å². The topological polar surface area (TPSA) is 93.6 Å². The number of halogens is 2. The smallest absolute Gasteiger partial charge is 0.267 e. The van der Waals surface area contributed by atoms with Crippen molar-refractivity contribution in [2.75, 3.05) is 10.6 Å². The number of rotatable bonds is 4. The fraction of sp³-hybridized carbons (Fsp3) is 0. The number of hydrogen-bond donors (Lipinski definition) is 3. The van der Waals surface area contributed by atoms with Crippen LogP contribution in [0, 0.1) is 11.3 Å².